The molecule has 0 bridgehead atoms. The zero-order valence-corrected chi connectivity index (χ0v) is 16.3. The molecule has 0 saturated carbocycles. The molecule has 0 amide bonds. The molecule has 0 spiro atoms. The molecule has 1 N–H and O–H groups in total. The van der Waals surface area contributed by atoms with E-state index in [1.165, 1.54) is 28.4 Å². The number of hydrogen-bond donors (Lipinski definition) is 1. The molecule has 1 aliphatic heterocycles. The minimum Gasteiger partial charge on any atom is -0.508 e. The number of nitrogens with zero attached hydrogens (tertiary/aromatic N) is 1. The van der Waals surface area contributed by atoms with Crippen LogP contribution in [-0.4, -0.2) is 36.8 Å². The van der Waals surface area contributed by atoms with Crippen molar-refractivity contribution in [1.82, 2.24) is 4.90 Å². The van der Waals surface area contributed by atoms with Crippen LogP contribution in [0, 0.1) is 5.92 Å². The first-order valence-electron chi connectivity index (χ1n) is 8.96. The average molecular weight is 404 g/mol. The molecule has 3 nitrogen and oxygen atoms in total. The third-order valence-electron chi connectivity index (χ3n) is 5.10. The summed E-state index contributed by atoms with van der Waals surface area (Å²) in [6.07, 6.45) is 4.59. The fraction of sp³-hybridized carbons (Fsp3) is 0.429. The molecule has 2 aromatic rings. The maximum atomic E-state index is 9.56. The summed E-state index contributed by atoms with van der Waals surface area (Å²) in [6, 6.07) is 13.8. The van der Waals surface area contributed by atoms with E-state index in [0.717, 1.165) is 44.1 Å². The van der Waals surface area contributed by atoms with Gasteiger partial charge in [-0.15, -0.1) is 0 Å². The van der Waals surface area contributed by atoms with E-state index in [1.807, 2.05) is 18.2 Å². The number of aromatic hydroxyl groups is 1. The zero-order chi connectivity index (χ0) is 17.6. The Morgan fingerprint density at radius 3 is 2.68 bits per heavy atom. The quantitative estimate of drug-likeness (QED) is 0.760. The molecule has 0 atom stereocenters. The second-order valence-electron chi connectivity index (χ2n) is 6.87. The lowest BCUT2D eigenvalue weighted by Crippen LogP contribution is -2.35. The van der Waals surface area contributed by atoms with E-state index in [-0.39, 0.29) is 0 Å². The number of piperidine rings is 1. The van der Waals surface area contributed by atoms with Crippen molar-refractivity contribution in [2.75, 3.05) is 26.7 Å². The van der Waals surface area contributed by atoms with Gasteiger partial charge < -0.3 is 14.7 Å². The van der Waals surface area contributed by atoms with Crippen molar-refractivity contribution < 1.29 is 9.84 Å². The van der Waals surface area contributed by atoms with Crippen LogP contribution < -0.4 is 4.74 Å². The van der Waals surface area contributed by atoms with Crippen molar-refractivity contribution in [3.63, 3.8) is 0 Å². The van der Waals surface area contributed by atoms with Crippen molar-refractivity contribution in [3.8, 4) is 11.5 Å². The van der Waals surface area contributed by atoms with Gasteiger partial charge in [0.1, 0.15) is 11.5 Å². The highest BCUT2D eigenvalue weighted by Gasteiger charge is 2.20. The summed E-state index contributed by atoms with van der Waals surface area (Å²) in [6.45, 7) is 3.38. The maximum absolute atomic E-state index is 9.56. The first-order valence-corrected chi connectivity index (χ1v) is 9.76. The Hall–Kier alpha value is -1.52. The maximum Gasteiger partial charge on any atom is 0.119 e. The number of benzene rings is 2. The molecule has 1 saturated heterocycles. The zero-order valence-electron chi connectivity index (χ0n) is 14.7. The number of rotatable bonds is 6. The number of methoxy groups -OCH3 is 1. The van der Waals surface area contributed by atoms with Crippen molar-refractivity contribution in [2.45, 2.75) is 25.7 Å². The fourth-order valence-corrected chi connectivity index (χ4v) is 3.97. The fourth-order valence-electron chi connectivity index (χ4n) is 3.56. The van der Waals surface area contributed by atoms with Gasteiger partial charge in [-0.1, -0.05) is 28.1 Å². The van der Waals surface area contributed by atoms with E-state index in [2.05, 4.69) is 39.0 Å². The second-order valence-corrected chi connectivity index (χ2v) is 7.72. The molecule has 4 heteroatoms. The van der Waals surface area contributed by atoms with Crippen LogP contribution in [0.4, 0.5) is 0 Å². The summed E-state index contributed by atoms with van der Waals surface area (Å²) < 4.78 is 6.53. The number of hydrogen-bond acceptors (Lipinski definition) is 3. The summed E-state index contributed by atoms with van der Waals surface area (Å²) in [5.41, 5.74) is 2.56. The molecule has 3 rings (SSSR count). The Morgan fingerprint density at radius 1 is 1.16 bits per heavy atom. The number of halogens is 1. The van der Waals surface area contributed by atoms with Gasteiger partial charge in [0.2, 0.25) is 0 Å². The van der Waals surface area contributed by atoms with Gasteiger partial charge in [-0.3, -0.25) is 0 Å². The molecule has 0 aromatic heterocycles. The van der Waals surface area contributed by atoms with Gasteiger partial charge in [0, 0.05) is 11.0 Å². The second kappa shape index (κ2) is 8.72. The Bertz CT molecular complexity index is 696. The average Bonchev–Trinajstić information content (AvgIpc) is 2.63. The Morgan fingerprint density at radius 2 is 1.96 bits per heavy atom. The summed E-state index contributed by atoms with van der Waals surface area (Å²) in [7, 11) is 1.72. The van der Waals surface area contributed by atoms with Gasteiger partial charge in [0.15, 0.2) is 0 Å². The van der Waals surface area contributed by atoms with E-state index in [1.54, 1.807) is 13.2 Å². The minimum absolute atomic E-state index is 0.361. The number of ether oxygens (including phenoxy) is 1. The van der Waals surface area contributed by atoms with Gasteiger partial charge in [-0.2, -0.15) is 0 Å². The number of phenolic OH excluding ortho intramolecular Hbond substituents is 1. The van der Waals surface area contributed by atoms with Crippen molar-refractivity contribution in [3.05, 3.63) is 58.1 Å². The molecular weight excluding hydrogens is 378 g/mol. The highest BCUT2D eigenvalue weighted by molar-refractivity contribution is 9.10. The largest absolute Gasteiger partial charge is 0.508 e. The standard InChI is InChI=1S/C21H26BrNO2/c1-25-20-5-6-21(22)18(15-20)13-17-8-11-23(12-9-17)10-7-16-3-2-4-19(24)14-16/h2-6,14-15,17,24H,7-13H2,1H3. The molecule has 134 valence electrons. The monoisotopic (exact) mass is 403 g/mol. The van der Waals surface area contributed by atoms with Crippen LogP contribution in [-0.2, 0) is 12.8 Å². The molecule has 0 aliphatic carbocycles. The molecule has 2 aromatic carbocycles. The number of phenols is 1. The van der Waals surface area contributed by atoms with Gasteiger partial charge in [0.25, 0.3) is 0 Å². The summed E-state index contributed by atoms with van der Waals surface area (Å²) in [5, 5.41) is 9.56. The molecule has 1 aliphatic rings. The predicted octanol–water partition coefficient (Wildman–Crippen LogP) is 4.66. The number of likely N-dealkylation sites (tertiary alicyclic amines) is 1. The van der Waals surface area contributed by atoms with E-state index in [0.29, 0.717) is 5.75 Å². The highest BCUT2D eigenvalue weighted by Crippen LogP contribution is 2.28. The van der Waals surface area contributed by atoms with E-state index in [9.17, 15) is 5.11 Å². The molecule has 1 fully saturated rings. The van der Waals surface area contributed by atoms with Crippen molar-refractivity contribution >= 4 is 15.9 Å². The van der Waals surface area contributed by atoms with Crippen LogP contribution >= 0.6 is 15.9 Å². The minimum atomic E-state index is 0.361. The normalized spacial score (nSPS) is 16.1. The first kappa shape index (κ1) is 18.3. The van der Waals surface area contributed by atoms with Crippen LogP contribution in [0.1, 0.15) is 24.0 Å². The van der Waals surface area contributed by atoms with Crippen molar-refractivity contribution in [2.24, 2.45) is 5.92 Å². The summed E-state index contributed by atoms with van der Waals surface area (Å²) in [5.74, 6) is 2.03. The smallest absolute Gasteiger partial charge is 0.119 e. The van der Waals surface area contributed by atoms with Gasteiger partial charge >= 0.3 is 0 Å². The molecular formula is C21H26BrNO2. The summed E-state index contributed by atoms with van der Waals surface area (Å²) >= 11 is 3.67. The third kappa shape index (κ3) is 5.23. The lowest BCUT2D eigenvalue weighted by molar-refractivity contribution is 0.185. The third-order valence-corrected chi connectivity index (χ3v) is 5.87. The van der Waals surface area contributed by atoms with E-state index < -0.39 is 0 Å². The SMILES string of the molecule is COc1ccc(Br)c(CC2CCN(CCc3cccc(O)c3)CC2)c1. The first-order chi connectivity index (χ1) is 12.1. The van der Waals surface area contributed by atoms with Crippen LogP contribution in [0.25, 0.3) is 0 Å². The Balaban J connectivity index is 1.47. The molecule has 25 heavy (non-hydrogen) atoms. The van der Waals surface area contributed by atoms with Crippen LogP contribution in [0.5, 0.6) is 11.5 Å². The van der Waals surface area contributed by atoms with E-state index >= 15 is 0 Å². The molecule has 1 heterocycles. The summed E-state index contributed by atoms with van der Waals surface area (Å²) in [4.78, 5) is 2.54. The van der Waals surface area contributed by atoms with Gasteiger partial charge in [-0.05, 0) is 86.1 Å². The van der Waals surface area contributed by atoms with Crippen molar-refractivity contribution in [1.29, 1.82) is 0 Å². The lowest BCUT2D eigenvalue weighted by atomic mass is 9.90. The van der Waals surface area contributed by atoms with Gasteiger partial charge in [-0.25, -0.2) is 0 Å². The van der Waals surface area contributed by atoms with Crippen LogP contribution in [0.3, 0.4) is 0 Å². The Labute approximate surface area is 158 Å². The van der Waals surface area contributed by atoms with Crippen LogP contribution in [0.2, 0.25) is 0 Å². The topological polar surface area (TPSA) is 32.7 Å². The van der Waals surface area contributed by atoms with Gasteiger partial charge in [0.05, 0.1) is 7.11 Å². The lowest BCUT2D eigenvalue weighted by Gasteiger charge is -2.32. The molecule has 0 radical (unpaired) electrons. The van der Waals surface area contributed by atoms with Crippen LogP contribution in [0.15, 0.2) is 46.9 Å². The Kier molecular flexibility index (Phi) is 6.38. The molecule has 0 unspecified atom stereocenters. The predicted molar refractivity (Wildman–Crippen MR) is 105 cm³/mol. The van der Waals surface area contributed by atoms with E-state index in [4.69, 9.17) is 4.74 Å². The highest BCUT2D eigenvalue weighted by atomic mass is 79.9.